The smallest absolute Gasteiger partial charge is 0.111 e. The number of hydrogen-bond donors (Lipinski definition) is 0. The summed E-state index contributed by atoms with van der Waals surface area (Å²) in [7, 11) is 0. The Morgan fingerprint density at radius 1 is 0.767 bits per heavy atom. The van der Waals surface area contributed by atoms with E-state index in [4.69, 9.17) is 10.2 Å². The van der Waals surface area contributed by atoms with E-state index in [2.05, 4.69) is 128 Å². The van der Waals surface area contributed by atoms with Crippen LogP contribution in [0.25, 0.3) is 11.1 Å². The van der Waals surface area contributed by atoms with Crippen molar-refractivity contribution >= 4 is 22.6 Å². The van der Waals surface area contributed by atoms with Crippen molar-refractivity contribution in [1.82, 2.24) is 0 Å². The van der Waals surface area contributed by atoms with E-state index in [0.717, 1.165) is 25.7 Å². The average molecular weight is 695 g/mol. The van der Waals surface area contributed by atoms with Crippen LogP contribution in [0.5, 0.6) is 0 Å². The zero-order valence-electron chi connectivity index (χ0n) is 29.1. The third kappa shape index (κ3) is 6.87. The molecular weight excluding hydrogens is 635 g/mol. The highest BCUT2D eigenvalue weighted by atomic mass is 127. The Morgan fingerprint density at radius 2 is 1.40 bits per heavy atom. The maximum Gasteiger partial charge on any atom is 0.111 e. The fourth-order valence-electron chi connectivity index (χ4n) is 7.78. The van der Waals surface area contributed by atoms with Crippen molar-refractivity contribution < 1.29 is 0 Å². The molecule has 0 saturated carbocycles. The molecule has 4 rings (SSSR count). The Balaban J connectivity index is 1.82. The van der Waals surface area contributed by atoms with Crippen LogP contribution in [0, 0.1) is 5.92 Å². The van der Waals surface area contributed by atoms with Crippen LogP contribution in [-0.2, 0) is 16.4 Å². The van der Waals surface area contributed by atoms with E-state index < -0.39 is 0 Å². The lowest BCUT2D eigenvalue weighted by molar-refractivity contribution is 0.286. The van der Waals surface area contributed by atoms with Gasteiger partial charge in [0.1, 0.15) is 5.54 Å². The summed E-state index contributed by atoms with van der Waals surface area (Å²) in [5.41, 5.74) is 11.2. The van der Waals surface area contributed by atoms with Gasteiger partial charge in [0.15, 0.2) is 0 Å². The van der Waals surface area contributed by atoms with Crippen molar-refractivity contribution in [2.75, 3.05) is 0 Å². The minimum atomic E-state index is -0.354. The van der Waals surface area contributed by atoms with Gasteiger partial charge in [-0.25, -0.2) is 0 Å². The fraction of sp³-hybridized carbons (Fsp3) is 0.650. The molecule has 0 amide bonds. The second-order valence-electron chi connectivity index (χ2n) is 15.4. The van der Waals surface area contributed by atoms with E-state index in [-0.39, 0.29) is 19.8 Å². The molecule has 1 heterocycles. The molecule has 0 bridgehead atoms. The molecule has 1 aliphatic heterocycles. The number of azo groups is 1. The van der Waals surface area contributed by atoms with Gasteiger partial charge in [-0.1, -0.05) is 159 Å². The van der Waals surface area contributed by atoms with E-state index in [1.54, 1.807) is 0 Å². The van der Waals surface area contributed by atoms with Crippen molar-refractivity contribution in [1.29, 1.82) is 0 Å². The van der Waals surface area contributed by atoms with Crippen LogP contribution in [-0.4, -0.2) is 3.42 Å². The highest BCUT2D eigenvalue weighted by Crippen LogP contribution is 2.55. The number of allylic oxidation sites excluding steroid dienone is 1. The van der Waals surface area contributed by atoms with Gasteiger partial charge in [0.25, 0.3) is 0 Å². The maximum absolute atomic E-state index is 5.25. The molecule has 0 aromatic heterocycles. The molecule has 0 N–H and O–H groups in total. The second kappa shape index (κ2) is 13.5. The van der Waals surface area contributed by atoms with Crippen molar-refractivity contribution in [2.24, 2.45) is 16.1 Å². The Morgan fingerprint density at radius 3 is 2.00 bits per heavy atom. The van der Waals surface area contributed by atoms with E-state index >= 15 is 0 Å². The molecule has 0 fully saturated rings. The molecule has 3 unspecified atom stereocenters. The molecule has 2 nitrogen and oxygen atoms in total. The summed E-state index contributed by atoms with van der Waals surface area (Å²) in [5.74, 6) is 0.373. The first kappa shape index (κ1) is 34.4. The van der Waals surface area contributed by atoms with Gasteiger partial charge in [-0.15, -0.1) is 0 Å². The molecule has 3 heteroatoms. The highest BCUT2D eigenvalue weighted by molar-refractivity contribution is 14.1. The van der Waals surface area contributed by atoms with Gasteiger partial charge < -0.3 is 0 Å². The molecule has 0 saturated heterocycles. The number of hydrogen-bond acceptors (Lipinski definition) is 2. The van der Waals surface area contributed by atoms with Crippen molar-refractivity contribution in [3.63, 3.8) is 0 Å². The second-order valence-corrected chi connectivity index (χ2v) is 18.1. The molecule has 0 radical (unpaired) electrons. The molecule has 43 heavy (non-hydrogen) atoms. The van der Waals surface area contributed by atoms with Crippen molar-refractivity contribution in [2.45, 2.75) is 160 Å². The number of alkyl halides is 1. The van der Waals surface area contributed by atoms with Gasteiger partial charge in [-0.05, 0) is 84.4 Å². The van der Waals surface area contributed by atoms with Gasteiger partial charge in [-0.3, -0.25) is 0 Å². The third-order valence-corrected chi connectivity index (χ3v) is 10.9. The lowest BCUT2D eigenvalue weighted by Crippen LogP contribution is -2.36. The Hall–Kier alpha value is -1.49. The Labute approximate surface area is 278 Å². The minimum Gasteiger partial charge on any atom is -0.177 e. The van der Waals surface area contributed by atoms with Crippen LogP contribution < -0.4 is 0 Å². The third-order valence-electron chi connectivity index (χ3n) is 10.4. The number of rotatable bonds is 13. The summed E-state index contributed by atoms with van der Waals surface area (Å²) >= 11 is 2.56. The molecule has 1 aliphatic carbocycles. The van der Waals surface area contributed by atoms with Gasteiger partial charge in [-0.2, -0.15) is 10.2 Å². The summed E-state index contributed by atoms with van der Waals surface area (Å²) in [4.78, 5) is 0. The van der Waals surface area contributed by atoms with E-state index in [9.17, 15) is 0 Å². The predicted molar refractivity (Wildman–Crippen MR) is 196 cm³/mol. The fourth-order valence-corrected chi connectivity index (χ4v) is 8.24. The lowest BCUT2D eigenvalue weighted by Gasteiger charge is -2.41. The van der Waals surface area contributed by atoms with Gasteiger partial charge in [0, 0.05) is 11.3 Å². The van der Waals surface area contributed by atoms with Crippen LogP contribution in [0.2, 0.25) is 0 Å². The number of benzene rings is 2. The van der Waals surface area contributed by atoms with Gasteiger partial charge in [0.05, 0.1) is 9.12 Å². The van der Waals surface area contributed by atoms with Crippen LogP contribution in [0.3, 0.4) is 0 Å². The van der Waals surface area contributed by atoms with Crippen molar-refractivity contribution in [3.8, 4) is 11.1 Å². The summed E-state index contributed by atoms with van der Waals surface area (Å²) in [5, 5.41) is 10.3. The van der Waals surface area contributed by atoms with Crippen LogP contribution in [0.15, 0.2) is 57.9 Å². The zero-order valence-corrected chi connectivity index (χ0v) is 31.2. The first-order chi connectivity index (χ1) is 20.2. The number of halogens is 1. The number of fused-ring (bicyclic) bond motifs is 3. The van der Waals surface area contributed by atoms with Crippen LogP contribution >= 0.6 is 22.6 Å². The molecule has 2 aliphatic rings. The van der Waals surface area contributed by atoms with Gasteiger partial charge >= 0.3 is 0 Å². The lowest BCUT2D eigenvalue weighted by atomic mass is 9.69. The van der Waals surface area contributed by atoms with Crippen LogP contribution in [0.1, 0.15) is 162 Å². The molecule has 236 valence electrons. The van der Waals surface area contributed by atoms with Crippen molar-refractivity contribution in [3.05, 3.63) is 69.9 Å². The van der Waals surface area contributed by atoms with E-state index in [1.165, 1.54) is 89.6 Å². The molecular formula is C40H59IN2. The minimum absolute atomic E-state index is 0.00651. The quantitative estimate of drug-likeness (QED) is 0.113. The normalized spacial score (nSPS) is 23.6. The summed E-state index contributed by atoms with van der Waals surface area (Å²) in [6.07, 6.45) is 13.7. The SMILES string of the molecule is CCCCCCCCC1(C)c2cc(C(C)(C)C)ccc2-c2ccc(C3(C)N=NC(C(C)(C)I)=C(CCC)C3CCC)cc21. The maximum atomic E-state index is 5.25. The summed E-state index contributed by atoms with van der Waals surface area (Å²) < 4.78 is -0.0286. The van der Waals surface area contributed by atoms with E-state index in [0.29, 0.717) is 5.92 Å². The van der Waals surface area contributed by atoms with E-state index in [1.807, 2.05) is 0 Å². The predicted octanol–water partition coefficient (Wildman–Crippen LogP) is 13.4. The van der Waals surface area contributed by atoms with Crippen LogP contribution in [0.4, 0.5) is 0 Å². The molecule has 2 aromatic carbocycles. The molecule has 3 atom stereocenters. The zero-order chi connectivity index (χ0) is 31.6. The average Bonchev–Trinajstić information content (AvgIpc) is 3.19. The highest BCUT2D eigenvalue weighted by Gasteiger charge is 2.46. The Bertz CT molecular complexity index is 1340. The summed E-state index contributed by atoms with van der Waals surface area (Å²) in [6.45, 7) is 23.5. The number of nitrogens with zero attached hydrogens (tertiary/aromatic N) is 2. The molecule has 2 aromatic rings. The first-order valence-corrected chi connectivity index (χ1v) is 18.5. The van der Waals surface area contributed by atoms with Gasteiger partial charge in [0.2, 0.25) is 0 Å². The topological polar surface area (TPSA) is 24.7 Å². The first-order valence-electron chi connectivity index (χ1n) is 17.4. The summed E-state index contributed by atoms with van der Waals surface area (Å²) in [6, 6.07) is 14.7. The monoisotopic (exact) mass is 694 g/mol. The standard InChI is InChI=1S/C40H59IN2/c1-11-14-15-16-17-18-25-39(9)34-26-28(37(4,5)6)21-23-30(34)31-24-22-29(27-35(31)39)40(10)33(20-13-3)32(19-12-2)36(42-43-40)38(7,8)41/h21-24,26-27,33H,11-20,25H2,1-10H3. The Kier molecular flexibility index (Phi) is 10.8. The number of unbranched alkanes of at least 4 members (excludes halogenated alkanes) is 5. The largest absolute Gasteiger partial charge is 0.177 e. The molecule has 0 spiro atoms.